The van der Waals surface area contributed by atoms with Crippen LogP contribution in [0.1, 0.15) is 38.2 Å². The first kappa shape index (κ1) is 24.3. The SMILES string of the molecule is CC1CCC(N2CCN(c3cnn(C(/C=C(\N)c4ccccc4OC=O)=C(N)N)c3)C(=O)C2)CC1. The first-order valence-electron chi connectivity index (χ1n) is 11.9. The van der Waals surface area contributed by atoms with Crippen LogP contribution in [0.3, 0.4) is 0 Å². The van der Waals surface area contributed by atoms with Crippen LogP contribution in [0.2, 0.25) is 0 Å². The Morgan fingerprint density at radius 1 is 1.11 bits per heavy atom. The van der Waals surface area contributed by atoms with Gasteiger partial charge in [0.15, 0.2) is 0 Å². The van der Waals surface area contributed by atoms with E-state index in [2.05, 4.69) is 16.9 Å². The molecule has 1 aromatic heterocycles. The molecule has 35 heavy (non-hydrogen) atoms. The fourth-order valence-electron chi connectivity index (χ4n) is 4.83. The number of anilines is 1. The van der Waals surface area contributed by atoms with Crippen LogP contribution < -0.4 is 26.8 Å². The summed E-state index contributed by atoms with van der Waals surface area (Å²) in [6, 6.07) is 7.34. The van der Waals surface area contributed by atoms with E-state index < -0.39 is 0 Å². The zero-order valence-electron chi connectivity index (χ0n) is 20.0. The number of nitrogens with zero attached hydrogens (tertiary/aromatic N) is 4. The molecular weight excluding hydrogens is 446 g/mol. The van der Waals surface area contributed by atoms with Gasteiger partial charge in [0.25, 0.3) is 6.47 Å². The fraction of sp³-hybridized carbons (Fsp3) is 0.400. The average Bonchev–Trinajstić information content (AvgIpc) is 3.32. The maximum atomic E-state index is 13.0. The molecule has 2 aliphatic rings. The number of benzene rings is 1. The summed E-state index contributed by atoms with van der Waals surface area (Å²) in [7, 11) is 0. The largest absolute Gasteiger partial charge is 0.428 e. The Morgan fingerprint density at radius 2 is 1.86 bits per heavy atom. The lowest BCUT2D eigenvalue weighted by molar-refractivity contribution is -0.122. The third kappa shape index (κ3) is 5.48. The van der Waals surface area contributed by atoms with Crippen LogP contribution in [0.4, 0.5) is 5.69 Å². The van der Waals surface area contributed by atoms with E-state index >= 15 is 0 Å². The number of nitrogens with two attached hydrogens (primary N) is 3. The highest BCUT2D eigenvalue weighted by atomic mass is 16.5. The topological polar surface area (TPSA) is 146 Å². The second-order valence-electron chi connectivity index (χ2n) is 9.22. The predicted molar refractivity (Wildman–Crippen MR) is 134 cm³/mol. The molecular formula is C25H33N7O3. The van der Waals surface area contributed by atoms with E-state index in [1.807, 2.05) is 0 Å². The van der Waals surface area contributed by atoms with Crippen molar-refractivity contribution in [2.24, 2.45) is 23.1 Å². The van der Waals surface area contributed by atoms with Crippen molar-refractivity contribution < 1.29 is 14.3 Å². The highest BCUT2D eigenvalue weighted by Crippen LogP contribution is 2.29. The number of carbonyl (C=O) groups is 2. The second-order valence-corrected chi connectivity index (χ2v) is 9.22. The molecule has 2 aromatic rings. The van der Waals surface area contributed by atoms with E-state index in [1.54, 1.807) is 47.6 Å². The smallest absolute Gasteiger partial charge is 0.298 e. The third-order valence-electron chi connectivity index (χ3n) is 6.84. The van der Waals surface area contributed by atoms with Crippen molar-refractivity contribution >= 4 is 29.5 Å². The molecule has 2 fully saturated rings. The van der Waals surface area contributed by atoms with Gasteiger partial charge in [0.1, 0.15) is 17.3 Å². The summed E-state index contributed by atoms with van der Waals surface area (Å²) >= 11 is 0. The molecule has 0 unspecified atom stereocenters. The number of amides is 1. The van der Waals surface area contributed by atoms with Gasteiger partial charge >= 0.3 is 0 Å². The van der Waals surface area contributed by atoms with E-state index in [1.165, 1.54) is 17.5 Å². The van der Waals surface area contributed by atoms with E-state index in [-0.39, 0.29) is 17.4 Å². The zero-order chi connectivity index (χ0) is 24.9. The maximum absolute atomic E-state index is 13.0. The predicted octanol–water partition coefficient (Wildman–Crippen LogP) is 1.69. The van der Waals surface area contributed by atoms with Crippen LogP contribution in [-0.4, -0.2) is 52.7 Å². The normalized spacial score (nSPS) is 21.6. The molecule has 1 aliphatic carbocycles. The monoisotopic (exact) mass is 479 g/mol. The molecule has 1 aromatic carbocycles. The van der Waals surface area contributed by atoms with Crippen LogP contribution in [0.25, 0.3) is 11.4 Å². The summed E-state index contributed by atoms with van der Waals surface area (Å²) in [6.07, 6.45) is 9.65. The van der Waals surface area contributed by atoms with Gasteiger partial charge in [-0.3, -0.25) is 14.5 Å². The molecule has 1 amide bonds. The molecule has 6 N–H and O–H groups in total. The first-order chi connectivity index (χ1) is 16.9. The molecule has 1 saturated carbocycles. The molecule has 0 spiro atoms. The number of hydrogen-bond acceptors (Lipinski definition) is 8. The molecule has 4 rings (SSSR count). The quantitative estimate of drug-likeness (QED) is 0.402. The summed E-state index contributed by atoms with van der Waals surface area (Å²) in [5, 5.41) is 4.37. The lowest BCUT2D eigenvalue weighted by Gasteiger charge is -2.40. The lowest BCUT2D eigenvalue weighted by Crippen LogP contribution is -2.54. The van der Waals surface area contributed by atoms with E-state index in [9.17, 15) is 9.59 Å². The number of para-hydroxylation sites is 1. The maximum Gasteiger partial charge on any atom is 0.298 e. The summed E-state index contributed by atoms with van der Waals surface area (Å²) in [5.41, 5.74) is 20.0. The van der Waals surface area contributed by atoms with Crippen LogP contribution in [0, 0.1) is 5.92 Å². The average molecular weight is 480 g/mol. The van der Waals surface area contributed by atoms with Gasteiger partial charge in [-0.15, -0.1) is 0 Å². The molecule has 2 heterocycles. The van der Waals surface area contributed by atoms with Crippen LogP contribution in [0.5, 0.6) is 5.75 Å². The number of hydrogen-bond donors (Lipinski definition) is 3. The Morgan fingerprint density at radius 3 is 2.54 bits per heavy atom. The molecule has 1 aliphatic heterocycles. The number of ether oxygens (including phenoxy) is 1. The minimum Gasteiger partial charge on any atom is -0.428 e. The number of allylic oxidation sites excluding steroid dienone is 2. The van der Waals surface area contributed by atoms with Crippen LogP contribution >= 0.6 is 0 Å². The van der Waals surface area contributed by atoms with Crippen molar-refractivity contribution in [2.45, 2.75) is 38.6 Å². The molecule has 186 valence electrons. The van der Waals surface area contributed by atoms with E-state index in [0.29, 0.717) is 48.3 Å². The van der Waals surface area contributed by atoms with Crippen molar-refractivity contribution in [3.8, 4) is 5.75 Å². The van der Waals surface area contributed by atoms with Crippen LogP contribution in [0.15, 0.2) is 48.6 Å². The van der Waals surface area contributed by atoms with Gasteiger partial charge in [0.2, 0.25) is 5.91 Å². The van der Waals surface area contributed by atoms with Crippen molar-refractivity contribution in [1.82, 2.24) is 14.7 Å². The number of aromatic nitrogens is 2. The minimum absolute atomic E-state index is 0.000871. The number of rotatable bonds is 7. The summed E-state index contributed by atoms with van der Waals surface area (Å²) in [4.78, 5) is 27.9. The molecule has 0 atom stereocenters. The van der Waals surface area contributed by atoms with Gasteiger partial charge in [-0.2, -0.15) is 5.10 Å². The van der Waals surface area contributed by atoms with E-state index in [0.717, 1.165) is 25.3 Å². The molecule has 0 radical (unpaired) electrons. The van der Waals surface area contributed by atoms with Gasteiger partial charge in [0.05, 0.1) is 24.6 Å². The van der Waals surface area contributed by atoms with Crippen molar-refractivity contribution in [1.29, 1.82) is 0 Å². The Balaban J connectivity index is 1.50. The molecule has 0 bridgehead atoms. The Labute approximate surface area is 205 Å². The zero-order valence-corrected chi connectivity index (χ0v) is 20.0. The van der Waals surface area contributed by atoms with Gasteiger partial charge in [0, 0.05) is 30.4 Å². The number of carbonyl (C=O) groups excluding carboxylic acids is 2. The second kappa shape index (κ2) is 10.6. The Hall–Kier alpha value is -3.79. The standard InChI is InChI=1S/C25H33N7O3/c1-17-6-8-18(9-7-17)30-10-11-31(24(34)15-30)19-13-29-32(14-19)22(25(27)28)12-21(26)20-4-2-3-5-23(20)35-16-33/h2-5,12-14,16-18H,6-11,15,26-28H2,1H3/b21-12-. The van der Waals surface area contributed by atoms with Crippen LogP contribution in [-0.2, 0) is 9.59 Å². The van der Waals surface area contributed by atoms with Crippen molar-refractivity contribution in [3.05, 3.63) is 54.1 Å². The Bertz CT molecular complexity index is 1130. The fourth-order valence-corrected chi connectivity index (χ4v) is 4.83. The Kier molecular flexibility index (Phi) is 7.40. The van der Waals surface area contributed by atoms with Gasteiger partial charge in [-0.25, -0.2) is 4.68 Å². The van der Waals surface area contributed by atoms with Gasteiger partial charge in [-0.1, -0.05) is 19.1 Å². The molecule has 1 saturated heterocycles. The summed E-state index contributed by atoms with van der Waals surface area (Å²) < 4.78 is 6.50. The molecule has 10 nitrogen and oxygen atoms in total. The highest BCUT2D eigenvalue weighted by Gasteiger charge is 2.32. The van der Waals surface area contributed by atoms with Crippen molar-refractivity contribution in [2.75, 3.05) is 24.5 Å². The summed E-state index contributed by atoms with van der Waals surface area (Å²) in [6.45, 7) is 4.48. The van der Waals surface area contributed by atoms with E-state index in [4.69, 9.17) is 21.9 Å². The minimum atomic E-state index is -0.000871. The first-order valence-corrected chi connectivity index (χ1v) is 11.9. The third-order valence-corrected chi connectivity index (χ3v) is 6.84. The summed E-state index contributed by atoms with van der Waals surface area (Å²) in [5.74, 6) is 1.14. The molecule has 10 heteroatoms. The van der Waals surface area contributed by atoms with Gasteiger partial charge in [-0.05, 0) is 49.8 Å². The van der Waals surface area contributed by atoms with Crippen molar-refractivity contribution in [3.63, 3.8) is 0 Å². The highest BCUT2D eigenvalue weighted by molar-refractivity contribution is 5.95. The number of piperazine rings is 1. The van der Waals surface area contributed by atoms with Gasteiger partial charge < -0.3 is 26.8 Å². The lowest BCUT2D eigenvalue weighted by atomic mass is 9.86.